The van der Waals surface area contributed by atoms with Crippen molar-refractivity contribution in [2.45, 2.75) is 52.4 Å². The lowest BCUT2D eigenvalue weighted by atomic mass is 9.85. The third-order valence-corrected chi connectivity index (χ3v) is 15.9. The van der Waals surface area contributed by atoms with Crippen LogP contribution in [0, 0.1) is 0 Å². The number of fused-ring (bicyclic) bond motifs is 16. The number of pyridine rings is 1. The molecular weight excluding hydrogens is 899 g/mol. The highest BCUT2D eigenvalue weighted by Gasteiger charge is 2.32. The van der Waals surface area contributed by atoms with Crippen LogP contribution in [0.25, 0.3) is 98.0 Å². The van der Waals surface area contributed by atoms with Gasteiger partial charge in [-0.05, 0) is 134 Å². The number of hydrogen-bond donors (Lipinski definition) is 0. The first kappa shape index (κ1) is 42.7. The first-order chi connectivity index (χ1) is 36.0. The molecule has 0 unspecified atom stereocenters. The van der Waals surface area contributed by atoms with Crippen LogP contribution < -0.4 is 9.80 Å². The van der Waals surface area contributed by atoms with Crippen molar-refractivity contribution in [1.29, 1.82) is 0 Å². The van der Waals surface area contributed by atoms with E-state index in [0.717, 1.165) is 61.7 Å². The van der Waals surface area contributed by atoms with E-state index in [2.05, 4.69) is 272 Å². The molecule has 15 rings (SSSR count). The summed E-state index contributed by atoms with van der Waals surface area (Å²) in [4.78, 5) is 11.0. The third kappa shape index (κ3) is 6.01. The zero-order valence-electron chi connectivity index (χ0n) is 42.4. The van der Waals surface area contributed by atoms with Gasteiger partial charge in [-0.15, -0.1) is 0 Å². The lowest BCUT2D eigenvalue weighted by Crippen LogP contribution is -2.15. The molecule has 0 fully saturated rings. The van der Waals surface area contributed by atoms with Gasteiger partial charge >= 0.3 is 0 Å². The minimum atomic E-state index is -0.137. The molecular formula is C69H53N5. The predicted molar refractivity (Wildman–Crippen MR) is 315 cm³/mol. The molecule has 0 bridgehead atoms. The lowest BCUT2D eigenvalue weighted by Gasteiger charge is -2.29. The summed E-state index contributed by atoms with van der Waals surface area (Å²) in [6.07, 6.45) is 0. The van der Waals surface area contributed by atoms with E-state index in [0.29, 0.717) is 0 Å². The second-order valence-electron chi connectivity index (χ2n) is 22.4. The fourth-order valence-corrected chi connectivity index (χ4v) is 12.4. The molecule has 0 aliphatic heterocycles. The van der Waals surface area contributed by atoms with Crippen LogP contribution in [0.2, 0.25) is 0 Å². The Hall–Kier alpha value is -8.93. The van der Waals surface area contributed by atoms with Crippen molar-refractivity contribution in [3.8, 4) is 0 Å². The Morgan fingerprint density at radius 3 is 1.31 bits per heavy atom. The summed E-state index contributed by atoms with van der Waals surface area (Å²) < 4.78 is 5.11. The standard InChI is InChI=1S/C69H53N5/c1-68(2,3)44-38-54-60-51-34-22-20-24-43(51)36-58(71(46-25-11-7-12-26-46)47-27-13-8-14-28-47)66(60)73-57-41-55-61-50-33-21-19-23-42(50)35-52-53-37-45(69(4,5)6)40-59(72(48-29-15-9-16-30-48)49-31-17-10-18-32-49)64(53)74(65(52)61)67(55)70-62(57)56(39-44)63(54)73/h7-41H,1-6H3. The Bertz CT molecular complexity index is 4630. The van der Waals surface area contributed by atoms with Gasteiger partial charge in [0.2, 0.25) is 0 Å². The average molecular weight is 952 g/mol. The highest BCUT2D eigenvalue weighted by Crippen LogP contribution is 2.53. The number of anilines is 6. The van der Waals surface area contributed by atoms with Crippen LogP contribution in [0.5, 0.6) is 0 Å². The summed E-state index contributed by atoms with van der Waals surface area (Å²) in [6, 6.07) is 78.5. The minimum absolute atomic E-state index is 0.127. The van der Waals surface area contributed by atoms with Crippen LogP contribution in [-0.4, -0.2) is 13.8 Å². The molecule has 10 aromatic carbocycles. The van der Waals surface area contributed by atoms with Gasteiger partial charge in [0, 0.05) is 60.5 Å². The number of benzene rings is 10. The van der Waals surface area contributed by atoms with Crippen molar-refractivity contribution in [3.05, 3.63) is 223 Å². The summed E-state index contributed by atoms with van der Waals surface area (Å²) in [5.41, 5.74) is 16.7. The third-order valence-electron chi connectivity index (χ3n) is 15.9. The molecule has 0 atom stereocenters. The van der Waals surface area contributed by atoms with Gasteiger partial charge in [-0.2, -0.15) is 0 Å². The number of para-hydroxylation sites is 4. The van der Waals surface area contributed by atoms with Gasteiger partial charge in [-0.25, -0.2) is 4.98 Å². The molecule has 5 nitrogen and oxygen atoms in total. The van der Waals surface area contributed by atoms with Crippen molar-refractivity contribution < 1.29 is 0 Å². The Kier molecular flexibility index (Phi) is 8.83. The second kappa shape index (κ2) is 15.3. The SMILES string of the molecule is CC(C)(C)c1cc(N(c2ccccc2)c2ccccc2)c2c(c1)c1cc3ccccc3c3c4cc5c(nc4n2c13)c1cc(C(C)(C)C)cc2c3c4ccccc4cc(N(c4ccccc4)c4ccccc4)c3n5c12. The van der Waals surface area contributed by atoms with Crippen LogP contribution in [0.3, 0.4) is 0 Å². The van der Waals surface area contributed by atoms with E-state index in [9.17, 15) is 0 Å². The molecule has 0 radical (unpaired) electrons. The van der Waals surface area contributed by atoms with E-state index in [-0.39, 0.29) is 10.8 Å². The summed E-state index contributed by atoms with van der Waals surface area (Å²) in [7, 11) is 0. The maximum absolute atomic E-state index is 6.13. The summed E-state index contributed by atoms with van der Waals surface area (Å²) in [5.74, 6) is 0. The van der Waals surface area contributed by atoms with Gasteiger partial charge in [0.1, 0.15) is 5.65 Å². The molecule has 5 aromatic heterocycles. The highest BCUT2D eigenvalue weighted by atomic mass is 15.2. The molecule has 0 aliphatic rings. The molecule has 74 heavy (non-hydrogen) atoms. The Labute approximate surface area is 429 Å². The lowest BCUT2D eigenvalue weighted by molar-refractivity contribution is 0.591. The topological polar surface area (TPSA) is 28.2 Å². The monoisotopic (exact) mass is 951 g/mol. The van der Waals surface area contributed by atoms with E-state index in [1.54, 1.807) is 0 Å². The number of rotatable bonds is 6. The Morgan fingerprint density at radius 2 is 0.770 bits per heavy atom. The van der Waals surface area contributed by atoms with E-state index in [4.69, 9.17) is 4.98 Å². The highest BCUT2D eigenvalue weighted by molar-refractivity contribution is 6.35. The zero-order chi connectivity index (χ0) is 49.8. The maximum atomic E-state index is 6.13. The van der Waals surface area contributed by atoms with Crippen LogP contribution in [0.1, 0.15) is 52.7 Å². The zero-order valence-corrected chi connectivity index (χ0v) is 42.4. The maximum Gasteiger partial charge on any atom is 0.146 e. The molecule has 0 saturated carbocycles. The van der Waals surface area contributed by atoms with Gasteiger partial charge in [-0.3, -0.25) is 4.40 Å². The molecule has 5 heteroatoms. The van der Waals surface area contributed by atoms with Crippen LogP contribution >= 0.6 is 0 Å². The average Bonchev–Trinajstić information content (AvgIpc) is 4.26. The largest absolute Gasteiger partial charge is 0.308 e. The van der Waals surface area contributed by atoms with E-state index in [1.165, 1.54) is 81.5 Å². The van der Waals surface area contributed by atoms with Crippen molar-refractivity contribution in [2.75, 3.05) is 9.80 Å². The van der Waals surface area contributed by atoms with Gasteiger partial charge < -0.3 is 14.2 Å². The van der Waals surface area contributed by atoms with E-state index < -0.39 is 0 Å². The molecule has 354 valence electrons. The first-order valence-corrected chi connectivity index (χ1v) is 26.0. The fraction of sp³-hybridized carbons (Fsp3) is 0.116. The first-order valence-electron chi connectivity index (χ1n) is 26.0. The smallest absolute Gasteiger partial charge is 0.146 e. The molecule has 0 spiro atoms. The fourth-order valence-electron chi connectivity index (χ4n) is 12.4. The van der Waals surface area contributed by atoms with Gasteiger partial charge in [0.15, 0.2) is 0 Å². The molecule has 0 aliphatic carbocycles. The second-order valence-corrected chi connectivity index (χ2v) is 22.4. The number of nitrogens with zero attached hydrogens (tertiary/aromatic N) is 5. The molecule has 5 heterocycles. The van der Waals surface area contributed by atoms with Crippen LogP contribution in [0.15, 0.2) is 212 Å². The van der Waals surface area contributed by atoms with Crippen molar-refractivity contribution in [2.24, 2.45) is 0 Å². The van der Waals surface area contributed by atoms with Gasteiger partial charge in [0.25, 0.3) is 0 Å². The summed E-state index contributed by atoms with van der Waals surface area (Å²) in [6.45, 7) is 14.0. The van der Waals surface area contributed by atoms with Gasteiger partial charge in [-0.1, -0.05) is 163 Å². The molecule has 0 amide bonds. The van der Waals surface area contributed by atoms with Crippen molar-refractivity contribution >= 4 is 132 Å². The van der Waals surface area contributed by atoms with Crippen LogP contribution in [0.4, 0.5) is 34.1 Å². The van der Waals surface area contributed by atoms with E-state index >= 15 is 0 Å². The van der Waals surface area contributed by atoms with Crippen molar-refractivity contribution in [1.82, 2.24) is 13.8 Å². The Balaban J connectivity index is 1.18. The van der Waals surface area contributed by atoms with Crippen LogP contribution in [-0.2, 0) is 10.8 Å². The quantitative estimate of drug-likeness (QED) is 0.166. The molecule has 15 aromatic rings. The predicted octanol–water partition coefficient (Wildman–Crippen LogP) is 19.2. The number of aromatic nitrogens is 3. The van der Waals surface area contributed by atoms with Gasteiger partial charge in [0.05, 0.1) is 44.5 Å². The molecule has 0 N–H and O–H groups in total. The normalized spacial score (nSPS) is 12.7. The number of hydrogen-bond acceptors (Lipinski definition) is 3. The summed E-state index contributed by atoms with van der Waals surface area (Å²) in [5, 5.41) is 13.4. The minimum Gasteiger partial charge on any atom is -0.308 e. The van der Waals surface area contributed by atoms with Crippen molar-refractivity contribution in [3.63, 3.8) is 0 Å². The molecule has 0 saturated heterocycles. The van der Waals surface area contributed by atoms with E-state index in [1.807, 2.05) is 0 Å². The summed E-state index contributed by atoms with van der Waals surface area (Å²) >= 11 is 0. The Morgan fingerprint density at radius 1 is 0.338 bits per heavy atom.